The van der Waals surface area contributed by atoms with Crippen LogP contribution in [0.2, 0.25) is 0 Å². The zero-order chi connectivity index (χ0) is 14.8. The fourth-order valence-electron chi connectivity index (χ4n) is 2.75. The van der Waals surface area contributed by atoms with Crippen LogP contribution in [-0.4, -0.2) is 42.0 Å². The first kappa shape index (κ1) is 14.8. The standard InChI is InChI=1S/C14H19F2N3O/c1-19(2)14(6-3-4-7-14)9-18-13(20)10-5-8-17-12(16)11(10)15/h5,8H,3-4,6-7,9H2,1-2H3,(H,18,20). The van der Waals surface area contributed by atoms with Crippen LogP contribution in [0, 0.1) is 11.8 Å². The Kier molecular flexibility index (Phi) is 4.32. The summed E-state index contributed by atoms with van der Waals surface area (Å²) in [7, 11) is 3.95. The first-order chi connectivity index (χ1) is 9.46. The summed E-state index contributed by atoms with van der Waals surface area (Å²) in [5, 5.41) is 2.72. The fraction of sp³-hybridized carbons (Fsp3) is 0.571. The summed E-state index contributed by atoms with van der Waals surface area (Å²) >= 11 is 0. The van der Waals surface area contributed by atoms with Gasteiger partial charge in [-0.25, -0.2) is 9.37 Å². The van der Waals surface area contributed by atoms with Crippen molar-refractivity contribution in [2.24, 2.45) is 0 Å². The van der Waals surface area contributed by atoms with E-state index in [1.165, 1.54) is 6.07 Å². The lowest BCUT2D eigenvalue weighted by Crippen LogP contribution is -2.50. The number of hydrogen-bond acceptors (Lipinski definition) is 3. The average Bonchev–Trinajstić information content (AvgIpc) is 2.89. The molecule has 1 aromatic heterocycles. The van der Waals surface area contributed by atoms with E-state index < -0.39 is 17.7 Å². The zero-order valence-corrected chi connectivity index (χ0v) is 11.7. The van der Waals surface area contributed by atoms with Gasteiger partial charge in [0.2, 0.25) is 5.95 Å². The maximum Gasteiger partial charge on any atom is 0.254 e. The predicted octanol–water partition coefficient (Wildman–Crippen LogP) is 1.96. The van der Waals surface area contributed by atoms with Crippen molar-refractivity contribution < 1.29 is 13.6 Å². The van der Waals surface area contributed by atoms with E-state index in [4.69, 9.17) is 0 Å². The number of carbonyl (C=O) groups excluding carboxylic acids is 1. The third-order valence-corrected chi connectivity index (χ3v) is 4.15. The Morgan fingerprint density at radius 1 is 1.40 bits per heavy atom. The van der Waals surface area contributed by atoms with Gasteiger partial charge >= 0.3 is 0 Å². The van der Waals surface area contributed by atoms with Crippen molar-refractivity contribution in [1.29, 1.82) is 0 Å². The van der Waals surface area contributed by atoms with Gasteiger partial charge < -0.3 is 10.2 Å². The van der Waals surface area contributed by atoms with Crippen LogP contribution in [0.3, 0.4) is 0 Å². The highest BCUT2D eigenvalue weighted by Gasteiger charge is 2.36. The van der Waals surface area contributed by atoms with E-state index >= 15 is 0 Å². The monoisotopic (exact) mass is 283 g/mol. The molecule has 20 heavy (non-hydrogen) atoms. The van der Waals surface area contributed by atoms with Gasteiger partial charge in [0.15, 0.2) is 5.82 Å². The topological polar surface area (TPSA) is 45.2 Å². The molecule has 1 aliphatic carbocycles. The van der Waals surface area contributed by atoms with Gasteiger partial charge in [-0.15, -0.1) is 0 Å². The lowest BCUT2D eigenvalue weighted by atomic mass is 9.96. The van der Waals surface area contributed by atoms with Crippen LogP contribution in [0.25, 0.3) is 0 Å². The Bertz CT molecular complexity index is 499. The molecule has 2 rings (SSSR count). The molecule has 0 bridgehead atoms. The van der Waals surface area contributed by atoms with E-state index in [0.29, 0.717) is 6.54 Å². The van der Waals surface area contributed by atoms with Crippen LogP contribution in [0.1, 0.15) is 36.0 Å². The van der Waals surface area contributed by atoms with Crippen LogP contribution in [0.4, 0.5) is 8.78 Å². The molecule has 0 unspecified atom stereocenters. The fourth-order valence-corrected chi connectivity index (χ4v) is 2.75. The van der Waals surface area contributed by atoms with Crippen molar-refractivity contribution in [2.45, 2.75) is 31.2 Å². The van der Waals surface area contributed by atoms with Gasteiger partial charge in [-0.05, 0) is 33.0 Å². The number of halogens is 2. The molecule has 0 spiro atoms. The predicted molar refractivity (Wildman–Crippen MR) is 71.4 cm³/mol. The smallest absolute Gasteiger partial charge is 0.254 e. The number of pyridine rings is 1. The number of aromatic nitrogens is 1. The molecule has 1 heterocycles. The molecular formula is C14H19F2N3O. The molecular weight excluding hydrogens is 264 g/mol. The Morgan fingerprint density at radius 3 is 2.65 bits per heavy atom. The first-order valence-electron chi connectivity index (χ1n) is 6.72. The van der Waals surface area contributed by atoms with Crippen molar-refractivity contribution >= 4 is 5.91 Å². The maximum atomic E-state index is 13.5. The van der Waals surface area contributed by atoms with Gasteiger partial charge in [-0.2, -0.15) is 4.39 Å². The molecule has 0 aromatic carbocycles. The minimum absolute atomic E-state index is 0.0856. The summed E-state index contributed by atoms with van der Waals surface area (Å²) in [6.45, 7) is 0.433. The van der Waals surface area contributed by atoms with Crippen molar-refractivity contribution in [1.82, 2.24) is 15.2 Å². The molecule has 4 nitrogen and oxygen atoms in total. The number of likely N-dealkylation sites (N-methyl/N-ethyl adjacent to an activating group) is 1. The second-order valence-corrected chi connectivity index (χ2v) is 5.47. The van der Waals surface area contributed by atoms with Gasteiger partial charge in [0.05, 0.1) is 5.56 Å². The second kappa shape index (κ2) is 5.83. The normalized spacial score (nSPS) is 17.4. The second-order valence-electron chi connectivity index (χ2n) is 5.47. The summed E-state index contributed by atoms with van der Waals surface area (Å²) in [6, 6.07) is 1.19. The third kappa shape index (κ3) is 2.80. The van der Waals surface area contributed by atoms with Crippen LogP contribution < -0.4 is 5.32 Å². The van der Waals surface area contributed by atoms with Gasteiger partial charge in [0, 0.05) is 18.3 Å². The van der Waals surface area contributed by atoms with Crippen LogP contribution >= 0.6 is 0 Å². The Hall–Kier alpha value is -1.56. The van der Waals surface area contributed by atoms with Crippen LogP contribution in [-0.2, 0) is 0 Å². The van der Waals surface area contributed by atoms with Crippen molar-refractivity contribution in [3.63, 3.8) is 0 Å². The molecule has 110 valence electrons. The lowest BCUT2D eigenvalue weighted by molar-refractivity contribution is 0.0894. The summed E-state index contributed by atoms with van der Waals surface area (Å²) in [5.41, 5.74) is -0.387. The number of rotatable bonds is 4. The highest BCUT2D eigenvalue weighted by Crippen LogP contribution is 2.33. The molecule has 1 saturated carbocycles. The van der Waals surface area contributed by atoms with Crippen molar-refractivity contribution in [3.8, 4) is 0 Å². The van der Waals surface area contributed by atoms with E-state index in [1.807, 2.05) is 14.1 Å². The Morgan fingerprint density at radius 2 is 2.05 bits per heavy atom. The summed E-state index contributed by atoms with van der Waals surface area (Å²) in [5.74, 6) is -3.05. The quantitative estimate of drug-likeness (QED) is 0.859. The molecule has 0 aliphatic heterocycles. The van der Waals surface area contributed by atoms with Crippen molar-refractivity contribution in [2.75, 3.05) is 20.6 Å². The Labute approximate surface area is 117 Å². The minimum atomic E-state index is -1.25. The zero-order valence-electron chi connectivity index (χ0n) is 11.7. The van der Waals surface area contributed by atoms with Gasteiger partial charge in [0.25, 0.3) is 5.91 Å². The van der Waals surface area contributed by atoms with Gasteiger partial charge in [-0.1, -0.05) is 12.8 Å². The minimum Gasteiger partial charge on any atom is -0.350 e. The number of carbonyl (C=O) groups is 1. The van der Waals surface area contributed by atoms with E-state index in [9.17, 15) is 13.6 Å². The summed E-state index contributed by atoms with van der Waals surface area (Å²) in [4.78, 5) is 17.2. The van der Waals surface area contributed by atoms with Gasteiger partial charge in [-0.3, -0.25) is 4.79 Å². The number of nitrogens with one attached hydrogen (secondary N) is 1. The molecule has 1 N–H and O–H groups in total. The van der Waals surface area contributed by atoms with E-state index in [0.717, 1.165) is 31.9 Å². The van der Waals surface area contributed by atoms with E-state index in [2.05, 4.69) is 15.2 Å². The average molecular weight is 283 g/mol. The third-order valence-electron chi connectivity index (χ3n) is 4.15. The summed E-state index contributed by atoms with van der Waals surface area (Å²) < 4.78 is 26.5. The van der Waals surface area contributed by atoms with Crippen molar-refractivity contribution in [3.05, 3.63) is 29.6 Å². The van der Waals surface area contributed by atoms with Gasteiger partial charge in [0.1, 0.15) is 0 Å². The first-order valence-corrected chi connectivity index (χ1v) is 6.72. The van der Waals surface area contributed by atoms with E-state index in [-0.39, 0.29) is 11.1 Å². The van der Waals surface area contributed by atoms with E-state index in [1.54, 1.807) is 0 Å². The largest absolute Gasteiger partial charge is 0.350 e. The molecule has 0 atom stereocenters. The molecule has 0 radical (unpaired) electrons. The highest BCUT2D eigenvalue weighted by molar-refractivity contribution is 5.94. The van der Waals surface area contributed by atoms with Crippen LogP contribution in [0.15, 0.2) is 12.3 Å². The Balaban J connectivity index is 2.07. The molecule has 1 fully saturated rings. The highest BCUT2D eigenvalue weighted by atomic mass is 19.2. The summed E-state index contributed by atoms with van der Waals surface area (Å²) in [6.07, 6.45) is 5.31. The molecule has 1 amide bonds. The van der Waals surface area contributed by atoms with Crippen LogP contribution in [0.5, 0.6) is 0 Å². The SMILES string of the molecule is CN(C)C1(CNC(=O)c2ccnc(F)c2F)CCCC1. The number of hydrogen-bond donors (Lipinski definition) is 1. The molecule has 6 heteroatoms. The molecule has 1 aromatic rings. The number of nitrogens with zero attached hydrogens (tertiary/aromatic N) is 2. The lowest BCUT2D eigenvalue weighted by Gasteiger charge is -2.36. The maximum absolute atomic E-state index is 13.5. The molecule has 1 aliphatic rings. The number of amides is 1. The molecule has 0 saturated heterocycles.